The Balaban J connectivity index is 1.71. The molecule has 0 saturated carbocycles. The van der Waals surface area contributed by atoms with Gasteiger partial charge in [0.15, 0.2) is 0 Å². The van der Waals surface area contributed by atoms with E-state index in [0.29, 0.717) is 18.8 Å². The monoisotopic (exact) mass is 332 g/mol. The van der Waals surface area contributed by atoms with E-state index in [0.717, 1.165) is 11.1 Å². The molecule has 2 rings (SSSR count). The molecule has 0 unspecified atom stereocenters. The van der Waals surface area contributed by atoms with Gasteiger partial charge in [0.2, 0.25) is 0 Å². The first-order valence-electron chi connectivity index (χ1n) is 7.69. The van der Waals surface area contributed by atoms with E-state index in [-0.39, 0.29) is 24.6 Å². The third kappa shape index (κ3) is 5.89. The molecule has 6 heteroatoms. The maximum absolute atomic E-state index is 12.8. The van der Waals surface area contributed by atoms with Crippen LogP contribution in [0.15, 0.2) is 48.5 Å². The molecular weight excluding hydrogens is 311 g/mol. The standard InChI is InChI=1S/C18H21FN2O3/c1-13(24-17-7-5-16(19)6-8-17)10-20-18(23)21-11-14-3-2-4-15(9-14)12-22/h2-9,13,22H,10-12H2,1H3,(H2,20,21,23)/t13-/m1/s1. The first kappa shape index (κ1) is 17.7. The van der Waals surface area contributed by atoms with Crippen molar-refractivity contribution in [3.8, 4) is 5.75 Å². The average molecular weight is 332 g/mol. The van der Waals surface area contributed by atoms with Crippen molar-refractivity contribution in [2.45, 2.75) is 26.2 Å². The molecule has 0 saturated heterocycles. The molecule has 2 amide bonds. The van der Waals surface area contributed by atoms with E-state index in [1.54, 1.807) is 12.1 Å². The van der Waals surface area contributed by atoms with Crippen LogP contribution >= 0.6 is 0 Å². The number of hydrogen-bond acceptors (Lipinski definition) is 3. The lowest BCUT2D eigenvalue weighted by molar-refractivity contribution is 0.207. The summed E-state index contributed by atoms with van der Waals surface area (Å²) < 4.78 is 18.4. The third-order valence-electron chi connectivity index (χ3n) is 3.33. The van der Waals surface area contributed by atoms with Gasteiger partial charge in [0.1, 0.15) is 17.7 Å². The van der Waals surface area contributed by atoms with Crippen LogP contribution in [0.25, 0.3) is 0 Å². The van der Waals surface area contributed by atoms with Gasteiger partial charge in [-0.05, 0) is 42.3 Å². The molecular formula is C18H21FN2O3. The van der Waals surface area contributed by atoms with Gasteiger partial charge >= 0.3 is 6.03 Å². The van der Waals surface area contributed by atoms with E-state index >= 15 is 0 Å². The number of aliphatic hydroxyl groups is 1. The molecule has 2 aromatic carbocycles. The molecule has 0 fully saturated rings. The second-order valence-corrected chi connectivity index (χ2v) is 5.42. The Hall–Kier alpha value is -2.60. The minimum absolute atomic E-state index is 0.0295. The van der Waals surface area contributed by atoms with Gasteiger partial charge in [-0.15, -0.1) is 0 Å². The minimum Gasteiger partial charge on any atom is -0.489 e. The van der Waals surface area contributed by atoms with E-state index in [9.17, 15) is 9.18 Å². The predicted molar refractivity (Wildman–Crippen MR) is 89.1 cm³/mol. The smallest absolute Gasteiger partial charge is 0.315 e. The van der Waals surface area contributed by atoms with Crippen LogP contribution in [0.3, 0.4) is 0 Å². The van der Waals surface area contributed by atoms with E-state index in [1.165, 1.54) is 12.1 Å². The van der Waals surface area contributed by atoms with Crippen molar-refractivity contribution in [3.63, 3.8) is 0 Å². The quantitative estimate of drug-likeness (QED) is 0.730. The number of hydrogen-bond donors (Lipinski definition) is 3. The number of nitrogens with one attached hydrogen (secondary N) is 2. The second kappa shape index (κ2) is 8.88. The van der Waals surface area contributed by atoms with Gasteiger partial charge in [0.25, 0.3) is 0 Å². The van der Waals surface area contributed by atoms with Gasteiger partial charge in [0, 0.05) is 6.54 Å². The Morgan fingerprint density at radius 3 is 2.58 bits per heavy atom. The Labute approximate surface area is 140 Å². The Bertz CT molecular complexity index is 662. The highest BCUT2D eigenvalue weighted by molar-refractivity contribution is 5.73. The van der Waals surface area contributed by atoms with Crippen LogP contribution < -0.4 is 15.4 Å². The third-order valence-corrected chi connectivity index (χ3v) is 3.33. The molecule has 3 N–H and O–H groups in total. The van der Waals surface area contributed by atoms with E-state index in [2.05, 4.69) is 10.6 Å². The van der Waals surface area contributed by atoms with E-state index in [1.807, 2.05) is 31.2 Å². The first-order valence-corrected chi connectivity index (χ1v) is 7.69. The van der Waals surface area contributed by atoms with Crippen LogP contribution in [-0.2, 0) is 13.2 Å². The van der Waals surface area contributed by atoms with E-state index in [4.69, 9.17) is 9.84 Å². The topological polar surface area (TPSA) is 70.6 Å². The number of carbonyl (C=O) groups excluding carboxylic acids is 1. The minimum atomic E-state index is -0.322. The maximum atomic E-state index is 12.8. The summed E-state index contributed by atoms with van der Waals surface area (Å²) in [4.78, 5) is 11.8. The fraction of sp³-hybridized carbons (Fsp3) is 0.278. The lowest BCUT2D eigenvalue weighted by atomic mass is 10.1. The molecule has 0 radical (unpaired) electrons. The van der Waals surface area contributed by atoms with Crippen molar-refractivity contribution in [2.75, 3.05) is 6.54 Å². The van der Waals surface area contributed by atoms with E-state index < -0.39 is 0 Å². The Kier molecular flexibility index (Phi) is 6.57. The number of aliphatic hydroxyl groups excluding tert-OH is 1. The number of rotatable bonds is 7. The normalized spacial score (nSPS) is 11.6. The van der Waals surface area contributed by atoms with Crippen LogP contribution in [-0.4, -0.2) is 23.8 Å². The lowest BCUT2D eigenvalue weighted by Gasteiger charge is -2.16. The van der Waals surface area contributed by atoms with Gasteiger partial charge < -0.3 is 20.5 Å². The number of halogens is 1. The lowest BCUT2D eigenvalue weighted by Crippen LogP contribution is -2.40. The zero-order valence-corrected chi connectivity index (χ0v) is 13.5. The van der Waals surface area contributed by atoms with Crippen LogP contribution in [0.5, 0.6) is 5.75 Å². The number of benzene rings is 2. The summed E-state index contributed by atoms with van der Waals surface area (Å²) in [6.45, 7) is 2.47. The molecule has 5 nitrogen and oxygen atoms in total. The molecule has 24 heavy (non-hydrogen) atoms. The zero-order valence-electron chi connectivity index (χ0n) is 13.5. The van der Waals surface area contributed by atoms with Crippen molar-refractivity contribution < 1.29 is 19.0 Å². The summed E-state index contributed by atoms with van der Waals surface area (Å²) in [6.07, 6.45) is -0.251. The molecule has 0 aromatic heterocycles. The SMILES string of the molecule is C[C@H](CNC(=O)NCc1cccc(CO)c1)Oc1ccc(F)cc1. The number of carbonyl (C=O) groups is 1. The molecule has 1 atom stereocenters. The van der Waals surface area contributed by atoms with Crippen LogP contribution in [0.4, 0.5) is 9.18 Å². The maximum Gasteiger partial charge on any atom is 0.315 e. The summed E-state index contributed by atoms with van der Waals surface area (Å²) in [7, 11) is 0. The van der Waals surface area contributed by atoms with Crippen molar-refractivity contribution in [3.05, 3.63) is 65.5 Å². The highest BCUT2D eigenvalue weighted by Crippen LogP contribution is 2.12. The highest BCUT2D eigenvalue weighted by atomic mass is 19.1. The average Bonchev–Trinajstić information content (AvgIpc) is 2.60. The van der Waals surface area contributed by atoms with Crippen LogP contribution in [0.1, 0.15) is 18.1 Å². The summed E-state index contributed by atoms with van der Waals surface area (Å²) >= 11 is 0. The number of urea groups is 1. The molecule has 0 aliphatic heterocycles. The van der Waals surface area contributed by atoms with Crippen molar-refractivity contribution in [2.24, 2.45) is 0 Å². The predicted octanol–water partition coefficient (Wildman–Crippen LogP) is 2.58. The molecule has 0 spiro atoms. The first-order chi connectivity index (χ1) is 11.6. The Morgan fingerprint density at radius 2 is 1.88 bits per heavy atom. The molecule has 128 valence electrons. The number of ether oxygens (including phenoxy) is 1. The molecule has 0 bridgehead atoms. The largest absolute Gasteiger partial charge is 0.489 e. The number of amides is 2. The summed E-state index contributed by atoms with van der Waals surface area (Å²) in [5.41, 5.74) is 1.71. The van der Waals surface area contributed by atoms with Crippen LogP contribution in [0, 0.1) is 5.82 Å². The van der Waals surface area contributed by atoms with Crippen LogP contribution in [0.2, 0.25) is 0 Å². The summed E-state index contributed by atoms with van der Waals surface area (Å²) in [5.74, 6) is 0.227. The molecule has 0 aliphatic rings. The highest BCUT2D eigenvalue weighted by Gasteiger charge is 2.07. The molecule has 0 aliphatic carbocycles. The van der Waals surface area contributed by atoms with Gasteiger partial charge in [0.05, 0.1) is 13.2 Å². The fourth-order valence-electron chi connectivity index (χ4n) is 2.11. The fourth-order valence-corrected chi connectivity index (χ4v) is 2.11. The molecule has 2 aromatic rings. The van der Waals surface area contributed by atoms with Gasteiger partial charge in [-0.25, -0.2) is 9.18 Å². The van der Waals surface area contributed by atoms with Gasteiger partial charge in [-0.1, -0.05) is 24.3 Å². The van der Waals surface area contributed by atoms with Crippen molar-refractivity contribution >= 4 is 6.03 Å². The molecule has 0 heterocycles. The zero-order chi connectivity index (χ0) is 17.4. The van der Waals surface area contributed by atoms with Crippen molar-refractivity contribution in [1.82, 2.24) is 10.6 Å². The Morgan fingerprint density at radius 1 is 1.17 bits per heavy atom. The second-order valence-electron chi connectivity index (χ2n) is 5.42. The van der Waals surface area contributed by atoms with Gasteiger partial charge in [-0.2, -0.15) is 0 Å². The van der Waals surface area contributed by atoms with Gasteiger partial charge in [-0.3, -0.25) is 0 Å². The summed E-state index contributed by atoms with van der Waals surface area (Å²) in [5, 5.41) is 14.5. The van der Waals surface area contributed by atoms with Crippen molar-refractivity contribution in [1.29, 1.82) is 0 Å². The summed E-state index contributed by atoms with van der Waals surface area (Å²) in [6, 6.07) is 12.8.